The third-order valence-corrected chi connectivity index (χ3v) is 9.18. The van der Waals surface area contributed by atoms with E-state index in [1.54, 1.807) is 22.2 Å². The van der Waals surface area contributed by atoms with E-state index < -0.39 is 24.3 Å². The van der Waals surface area contributed by atoms with E-state index in [1.165, 1.54) is 14.2 Å². The first-order valence-corrected chi connectivity index (χ1v) is 16.5. The van der Waals surface area contributed by atoms with E-state index in [9.17, 15) is 19.2 Å². The Labute approximate surface area is 280 Å². The van der Waals surface area contributed by atoms with Gasteiger partial charge in [-0.1, -0.05) is 52.0 Å². The summed E-state index contributed by atoms with van der Waals surface area (Å²) in [6, 6.07) is 6.16. The zero-order valence-electron chi connectivity index (χ0n) is 28.4. The molecule has 2 fully saturated rings. The second-order valence-corrected chi connectivity index (χ2v) is 13.0. The number of nitrogens with zero attached hydrogens (tertiary/aromatic N) is 4. The minimum Gasteiger partial charge on any atom is -0.453 e. The van der Waals surface area contributed by atoms with Crippen molar-refractivity contribution < 1.29 is 28.7 Å². The van der Waals surface area contributed by atoms with Crippen LogP contribution in [0.15, 0.2) is 36.7 Å². The van der Waals surface area contributed by atoms with Crippen LogP contribution in [-0.2, 0) is 19.1 Å². The monoisotopic (exact) mass is 662 g/mol. The molecule has 48 heavy (non-hydrogen) atoms. The van der Waals surface area contributed by atoms with Crippen molar-refractivity contribution in [1.29, 1.82) is 0 Å². The van der Waals surface area contributed by atoms with Gasteiger partial charge in [0, 0.05) is 13.1 Å². The molecule has 2 saturated heterocycles. The first-order chi connectivity index (χ1) is 23.0. The van der Waals surface area contributed by atoms with Gasteiger partial charge in [0.2, 0.25) is 11.8 Å². The molecule has 0 radical (unpaired) electrons. The zero-order valence-corrected chi connectivity index (χ0v) is 28.4. The molecular formula is C34H46N8O6. The first kappa shape index (κ1) is 34.5. The second kappa shape index (κ2) is 14.9. The van der Waals surface area contributed by atoms with Crippen molar-refractivity contribution in [3.05, 3.63) is 48.3 Å². The largest absolute Gasteiger partial charge is 0.453 e. The Morgan fingerprint density at radius 1 is 0.708 bits per heavy atom. The number of amides is 4. The van der Waals surface area contributed by atoms with E-state index in [0.717, 1.165) is 48.2 Å². The summed E-state index contributed by atoms with van der Waals surface area (Å²) in [5, 5.41) is 5.36. The number of carbonyl (C=O) groups excluding carboxylic acids is 4. The van der Waals surface area contributed by atoms with Crippen molar-refractivity contribution >= 4 is 24.0 Å². The van der Waals surface area contributed by atoms with Crippen LogP contribution in [0.25, 0.3) is 22.5 Å². The van der Waals surface area contributed by atoms with Gasteiger partial charge in [0.05, 0.1) is 50.1 Å². The third kappa shape index (κ3) is 7.32. The van der Waals surface area contributed by atoms with Crippen LogP contribution < -0.4 is 10.6 Å². The molecule has 4 atom stereocenters. The van der Waals surface area contributed by atoms with Crippen molar-refractivity contribution in [3.63, 3.8) is 0 Å². The number of hydrogen-bond acceptors (Lipinski definition) is 8. The Balaban J connectivity index is 1.27. The van der Waals surface area contributed by atoms with Crippen molar-refractivity contribution in [1.82, 2.24) is 40.4 Å². The molecule has 14 nitrogen and oxygen atoms in total. The smallest absolute Gasteiger partial charge is 0.407 e. The molecule has 5 rings (SSSR count). The normalized spacial score (nSPS) is 19.0. The van der Waals surface area contributed by atoms with Gasteiger partial charge in [-0.2, -0.15) is 0 Å². The number of rotatable bonds is 10. The molecular weight excluding hydrogens is 616 g/mol. The van der Waals surface area contributed by atoms with E-state index in [2.05, 4.69) is 30.6 Å². The molecule has 3 aromatic rings. The van der Waals surface area contributed by atoms with Gasteiger partial charge in [-0.3, -0.25) is 9.59 Å². The molecule has 1 unspecified atom stereocenters. The summed E-state index contributed by atoms with van der Waals surface area (Å²) in [6.45, 7) is 8.73. The number of aromatic nitrogens is 4. The summed E-state index contributed by atoms with van der Waals surface area (Å²) in [5.74, 6) is 0.888. The molecule has 14 heteroatoms. The fraction of sp³-hybridized carbons (Fsp3) is 0.529. The summed E-state index contributed by atoms with van der Waals surface area (Å²) in [5.41, 5.74) is 3.53. The van der Waals surface area contributed by atoms with Crippen LogP contribution in [0.1, 0.15) is 77.1 Å². The highest BCUT2D eigenvalue weighted by Gasteiger charge is 2.39. The average molecular weight is 663 g/mol. The number of likely N-dealkylation sites (tertiary alicyclic amines) is 2. The van der Waals surface area contributed by atoms with Crippen LogP contribution in [0.2, 0.25) is 0 Å². The summed E-state index contributed by atoms with van der Waals surface area (Å²) in [6.07, 6.45) is 5.51. The lowest BCUT2D eigenvalue weighted by Crippen LogP contribution is -2.51. The molecule has 2 aromatic heterocycles. The molecule has 0 aliphatic carbocycles. The Hall–Kier alpha value is -4.88. The minimum absolute atomic E-state index is 0.110. The first-order valence-electron chi connectivity index (χ1n) is 16.5. The summed E-state index contributed by atoms with van der Waals surface area (Å²) < 4.78 is 9.47. The summed E-state index contributed by atoms with van der Waals surface area (Å²) in [7, 11) is 2.56. The average Bonchev–Trinajstić information content (AvgIpc) is 3.90. The van der Waals surface area contributed by atoms with Crippen molar-refractivity contribution in [2.45, 2.75) is 77.5 Å². The highest BCUT2D eigenvalue weighted by molar-refractivity contribution is 5.87. The number of methoxy groups -OCH3 is 2. The van der Waals surface area contributed by atoms with Crippen LogP contribution in [0.5, 0.6) is 0 Å². The van der Waals surface area contributed by atoms with Crippen LogP contribution in [0.4, 0.5) is 9.59 Å². The number of hydrogen-bond donors (Lipinski definition) is 4. The van der Waals surface area contributed by atoms with Gasteiger partial charge in [-0.25, -0.2) is 19.6 Å². The summed E-state index contributed by atoms with van der Waals surface area (Å²) >= 11 is 0. The quantitative estimate of drug-likeness (QED) is 0.245. The number of alkyl carbamates (subject to hydrolysis) is 2. The van der Waals surface area contributed by atoms with Crippen LogP contribution in [0.3, 0.4) is 0 Å². The van der Waals surface area contributed by atoms with Crippen molar-refractivity contribution in [3.8, 4) is 22.5 Å². The molecule has 0 bridgehead atoms. The van der Waals surface area contributed by atoms with Gasteiger partial charge >= 0.3 is 12.2 Å². The molecule has 1 aromatic carbocycles. The van der Waals surface area contributed by atoms with E-state index >= 15 is 0 Å². The van der Waals surface area contributed by atoms with Crippen molar-refractivity contribution in [2.75, 3.05) is 27.3 Å². The molecule has 4 heterocycles. The lowest BCUT2D eigenvalue weighted by molar-refractivity contribution is -0.136. The predicted molar refractivity (Wildman–Crippen MR) is 177 cm³/mol. The maximum Gasteiger partial charge on any atom is 0.407 e. The number of imidazole rings is 2. The minimum atomic E-state index is -0.694. The highest BCUT2D eigenvalue weighted by atomic mass is 16.5. The molecule has 258 valence electrons. The molecule has 2 aliphatic heterocycles. The number of nitrogens with one attached hydrogen (secondary N) is 4. The van der Waals surface area contributed by atoms with E-state index in [4.69, 9.17) is 9.47 Å². The number of aromatic amines is 2. The fourth-order valence-corrected chi connectivity index (χ4v) is 6.52. The van der Waals surface area contributed by atoms with Gasteiger partial charge in [-0.05, 0) is 48.6 Å². The predicted octanol–water partition coefficient (Wildman–Crippen LogP) is 4.56. The zero-order chi connectivity index (χ0) is 34.5. The number of benzene rings is 1. The lowest BCUT2D eigenvalue weighted by atomic mass is 10.0. The Morgan fingerprint density at radius 2 is 1.08 bits per heavy atom. The van der Waals surface area contributed by atoms with Gasteiger partial charge < -0.3 is 39.9 Å². The number of H-pyrrole nitrogens is 2. The SMILES string of the molecule is COC(=O)NC(C(=O)N1CCC[C@H]1c1ncc(-c2ccc(-c3cnc([C@@H]4CCCN4C(=O)[C@@H](NC(=O)OC)C(C)C)[nH]3)cc2)[nH]1)C(C)C. The molecule has 4 N–H and O–H groups in total. The van der Waals surface area contributed by atoms with E-state index in [1.807, 2.05) is 52.0 Å². The van der Waals surface area contributed by atoms with Gasteiger partial charge in [0.1, 0.15) is 23.7 Å². The molecule has 2 aliphatic rings. The second-order valence-electron chi connectivity index (χ2n) is 13.0. The fourth-order valence-electron chi connectivity index (χ4n) is 6.52. The maximum atomic E-state index is 13.5. The van der Waals surface area contributed by atoms with Crippen LogP contribution in [0, 0.1) is 11.8 Å². The maximum absolute atomic E-state index is 13.5. The van der Waals surface area contributed by atoms with E-state index in [-0.39, 0.29) is 35.7 Å². The molecule has 0 saturated carbocycles. The number of carbonyl (C=O) groups is 4. The van der Waals surface area contributed by atoms with Gasteiger partial charge in [0.15, 0.2) is 0 Å². The van der Waals surface area contributed by atoms with Crippen LogP contribution >= 0.6 is 0 Å². The Morgan fingerprint density at radius 3 is 1.42 bits per heavy atom. The Bertz CT molecular complexity index is 1480. The lowest BCUT2D eigenvalue weighted by Gasteiger charge is -2.30. The topological polar surface area (TPSA) is 175 Å². The molecule has 0 spiro atoms. The van der Waals surface area contributed by atoms with Crippen LogP contribution in [-0.4, -0.2) is 93.1 Å². The van der Waals surface area contributed by atoms with Crippen molar-refractivity contribution in [2.24, 2.45) is 11.8 Å². The third-order valence-electron chi connectivity index (χ3n) is 9.18. The molecule has 4 amide bonds. The van der Waals surface area contributed by atoms with E-state index in [0.29, 0.717) is 24.7 Å². The highest BCUT2D eigenvalue weighted by Crippen LogP contribution is 2.35. The van der Waals surface area contributed by atoms with Gasteiger partial charge in [0.25, 0.3) is 0 Å². The summed E-state index contributed by atoms with van der Waals surface area (Å²) in [4.78, 5) is 70.4. The standard InChI is InChI=1S/C34H46N8O6/c1-19(2)27(39-33(45)47-5)31(43)41-15-7-9-25(41)29-35-17-23(37-29)21-11-13-22(14-12-21)24-18-36-30(38-24)26-10-8-16-42(26)32(44)28(20(3)4)40-34(46)48-6/h11-14,17-20,25-28H,7-10,15-16H2,1-6H3,(H,35,37)(H,36,38)(H,39,45)(H,40,46)/t25-,26-,27-,28?/m0/s1. The Kier molecular flexibility index (Phi) is 10.7. The van der Waals surface area contributed by atoms with Gasteiger partial charge in [-0.15, -0.1) is 0 Å². The number of ether oxygens (including phenoxy) is 2.